The van der Waals surface area contributed by atoms with Crippen LogP contribution in [0.25, 0.3) is 0 Å². The summed E-state index contributed by atoms with van der Waals surface area (Å²) in [5.41, 5.74) is -0.935. The van der Waals surface area contributed by atoms with Gasteiger partial charge in [-0.15, -0.1) is 0 Å². The molecule has 1 amide bonds. The second kappa shape index (κ2) is 5.87. The monoisotopic (exact) mass is 308 g/mol. The number of piperazine rings is 1. The summed E-state index contributed by atoms with van der Waals surface area (Å²) in [6, 6.07) is 0. The van der Waals surface area contributed by atoms with Crippen LogP contribution in [0.4, 0.5) is 27.6 Å². The van der Waals surface area contributed by atoms with Gasteiger partial charge in [0.15, 0.2) is 23.3 Å². The van der Waals surface area contributed by atoms with Gasteiger partial charge in [-0.1, -0.05) is 6.92 Å². The maximum absolute atomic E-state index is 13.7. The molecule has 0 N–H and O–H groups in total. The van der Waals surface area contributed by atoms with Crippen molar-refractivity contribution in [2.24, 2.45) is 0 Å². The number of rotatable bonds is 2. The lowest BCUT2D eigenvalue weighted by atomic mass is 10.2. The predicted molar refractivity (Wildman–Crippen MR) is 65.3 cm³/mol. The first-order chi connectivity index (χ1) is 9.88. The Morgan fingerprint density at radius 3 is 1.71 bits per heavy atom. The third-order valence-electron chi connectivity index (χ3n) is 3.44. The highest BCUT2D eigenvalue weighted by molar-refractivity contribution is 5.76. The fraction of sp³-hybridized carbons (Fsp3) is 0.462. The van der Waals surface area contributed by atoms with Crippen molar-refractivity contribution in [3.8, 4) is 0 Å². The summed E-state index contributed by atoms with van der Waals surface area (Å²) < 4.78 is 66.6. The van der Waals surface area contributed by atoms with Crippen LogP contribution in [0.2, 0.25) is 0 Å². The first kappa shape index (κ1) is 15.5. The smallest absolute Gasteiger partial charge is 0.222 e. The van der Waals surface area contributed by atoms with E-state index in [0.29, 0.717) is 6.42 Å². The number of benzene rings is 1. The Morgan fingerprint density at radius 2 is 1.29 bits per heavy atom. The van der Waals surface area contributed by atoms with E-state index in [1.54, 1.807) is 6.92 Å². The molecule has 1 aromatic rings. The summed E-state index contributed by atoms with van der Waals surface area (Å²) >= 11 is 0. The number of anilines is 1. The lowest BCUT2D eigenvalue weighted by molar-refractivity contribution is -0.131. The number of carbonyl (C=O) groups is 1. The van der Waals surface area contributed by atoms with E-state index in [-0.39, 0.29) is 32.1 Å². The van der Waals surface area contributed by atoms with Gasteiger partial charge in [-0.3, -0.25) is 4.79 Å². The van der Waals surface area contributed by atoms with Crippen LogP contribution in [-0.2, 0) is 4.79 Å². The molecule has 8 heteroatoms. The molecular weight excluding hydrogens is 295 g/mol. The van der Waals surface area contributed by atoms with Gasteiger partial charge in [-0.05, 0) is 0 Å². The molecule has 0 saturated carbocycles. The SMILES string of the molecule is CCC(=O)N1CCN(c2c(F)c(F)c(F)c(F)c2F)CC1. The molecule has 0 unspecified atom stereocenters. The average molecular weight is 308 g/mol. The molecule has 2 rings (SSSR count). The van der Waals surface area contributed by atoms with E-state index >= 15 is 0 Å². The summed E-state index contributed by atoms with van der Waals surface area (Å²) in [7, 11) is 0. The Labute approximate surface area is 117 Å². The minimum absolute atomic E-state index is 0.00406. The molecule has 21 heavy (non-hydrogen) atoms. The molecule has 0 radical (unpaired) electrons. The largest absolute Gasteiger partial charge is 0.363 e. The van der Waals surface area contributed by atoms with E-state index in [9.17, 15) is 26.7 Å². The van der Waals surface area contributed by atoms with Gasteiger partial charge < -0.3 is 9.80 Å². The molecule has 0 spiro atoms. The predicted octanol–water partition coefficient (Wildman–Crippen LogP) is 2.44. The molecule has 1 saturated heterocycles. The van der Waals surface area contributed by atoms with Gasteiger partial charge in [0.1, 0.15) is 5.69 Å². The van der Waals surface area contributed by atoms with Crippen molar-refractivity contribution in [2.75, 3.05) is 31.1 Å². The van der Waals surface area contributed by atoms with Gasteiger partial charge in [0.2, 0.25) is 11.7 Å². The first-order valence-corrected chi connectivity index (χ1v) is 6.42. The molecule has 0 aliphatic carbocycles. The lowest BCUT2D eigenvalue weighted by Gasteiger charge is -2.36. The van der Waals surface area contributed by atoms with Crippen LogP contribution in [0.15, 0.2) is 0 Å². The van der Waals surface area contributed by atoms with Crippen LogP contribution in [0.1, 0.15) is 13.3 Å². The Kier molecular flexibility index (Phi) is 4.34. The summed E-state index contributed by atoms with van der Waals surface area (Å²) in [6.45, 7) is 2.03. The highest BCUT2D eigenvalue weighted by atomic mass is 19.2. The van der Waals surface area contributed by atoms with Crippen LogP contribution in [-0.4, -0.2) is 37.0 Å². The van der Waals surface area contributed by atoms with E-state index in [4.69, 9.17) is 0 Å². The standard InChI is InChI=1S/C13H13F5N2O/c1-2-7(21)19-3-5-20(6-4-19)13-11(17)9(15)8(14)10(16)12(13)18/h2-6H2,1H3. The lowest BCUT2D eigenvalue weighted by Crippen LogP contribution is -2.49. The molecule has 116 valence electrons. The van der Waals surface area contributed by atoms with Gasteiger partial charge in [-0.25, -0.2) is 22.0 Å². The van der Waals surface area contributed by atoms with Gasteiger partial charge >= 0.3 is 0 Å². The summed E-state index contributed by atoms with van der Waals surface area (Å²) in [5.74, 6) is -9.91. The minimum atomic E-state index is -2.17. The van der Waals surface area contributed by atoms with Crippen LogP contribution in [0.3, 0.4) is 0 Å². The molecule has 1 heterocycles. The Bertz CT molecular complexity index is 541. The van der Waals surface area contributed by atoms with Crippen LogP contribution >= 0.6 is 0 Å². The normalized spacial score (nSPS) is 15.5. The molecule has 1 aliphatic heterocycles. The van der Waals surface area contributed by atoms with Crippen molar-refractivity contribution in [1.82, 2.24) is 4.90 Å². The second-order valence-corrected chi connectivity index (χ2v) is 4.64. The zero-order valence-electron chi connectivity index (χ0n) is 11.2. The second-order valence-electron chi connectivity index (χ2n) is 4.64. The average Bonchev–Trinajstić information content (AvgIpc) is 2.51. The van der Waals surface area contributed by atoms with Crippen LogP contribution in [0, 0.1) is 29.1 Å². The summed E-state index contributed by atoms with van der Waals surface area (Å²) in [4.78, 5) is 14.0. The zero-order valence-corrected chi connectivity index (χ0v) is 11.2. The van der Waals surface area contributed by atoms with E-state index in [0.717, 1.165) is 4.90 Å². The highest BCUT2D eigenvalue weighted by Crippen LogP contribution is 2.30. The van der Waals surface area contributed by atoms with Gasteiger partial charge in [0, 0.05) is 32.6 Å². The quantitative estimate of drug-likeness (QED) is 0.476. The number of hydrogen-bond donors (Lipinski definition) is 0. The molecule has 1 aromatic carbocycles. The Balaban J connectivity index is 2.27. The molecule has 0 aromatic heterocycles. The van der Waals surface area contributed by atoms with Crippen molar-refractivity contribution in [1.29, 1.82) is 0 Å². The number of amides is 1. The fourth-order valence-electron chi connectivity index (χ4n) is 2.27. The molecule has 3 nitrogen and oxygen atoms in total. The van der Waals surface area contributed by atoms with Crippen molar-refractivity contribution < 1.29 is 26.7 Å². The fourth-order valence-corrected chi connectivity index (χ4v) is 2.27. The summed E-state index contributed by atoms with van der Waals surface area (Å²) in [6.07, 6.45) is 0.294. The first-order valence-electron chi connectivity index (χ1n) is 6.42. The van der Waals surface area contributed by atoms with E-state index < -0.39 is 34.8 Å². The zero-order chi connectivity index (χ0) is 15.7. The number of nitrogens with zero attached hydrogens (tertiary/aromatic N) is 2. The van der Waals surface area contributed by atoms with Gasteiger partial charge in [0.05, 0.1) is 0 Å². The number of hydrogen-bond acceptors (Lipinski definition) is 2. The maximum Gasteiger partial charge on any atom is 0.222 e. The van der Waals surface area contributed by atoms with E-state index in [1.165, 1.54) is 4.90 Å². The van der Waals surface area contributed by atoms with Crippen molar-refractivity contribution >= 4 is 11.6 Å². The van der Waals surface area contributed by atoms with Gasteiger partial charge in [-0.2, -0.15) is 0 Å². The molecular formula is C13H13F5N2O. The number of halogens is 5. The van der Waals surface area contributed by atoms with Crippen molar-refractivity contribution in [3.63, 3.8) is 0 Å². The molecule has 0 atom stereocenters. The van der Waals surface area contributed by atoms with Crippen molar-refractivity contribution in [2.45, 2.75) is 13.3 Å². The van der Waals surface area contributed by atoms with E-state index in [2.05, 4.69) is 0 Å². The minimum Gasteiger partial charge on any atom is -0.363 e. The van der Waals surface area contributed by atoms with E-state index in [1.807, 2.05) is 0 Å². The summed E-state index contributed by atoms with van der Waals surface area (Å²) in [5, 5.41) is 0. The maximum atomic E-state index is 13.7. The molecule has 0 bridgehead atoms. The Hall–Kier alpha value is -1.86. The topological polar surface area (TPSA) is 23.6 Å². The third-order valence-corrected chi connectivity index (χ3v) is 3.44. The third kappa shape index (κ3) is 2.66. The molecule has 1 aliphatic rings. The highest BCUT2D eigenvalue weighted by Gasteiger charge is 2.31. The van der Waals surface area contributed by atoms with Crippen LogP contribution in [0.5, 0.6) is 0 Å². The Morgan fingerprint density at radius 1 is 0.857 bits per heavy atom. The van der Waals surface area contributed by atoms with Crippen LogP contribution < -0.4 is 4.90 Å². The van der Waals surface area contributed by atoms with Gasteiger partial charge in [0.25, 0.3) is 0 Å². The number of carbonyl (C=O) groups excluding carboxylic acids is 1. The molecule has 1 fully saturated rings. The van der Waals surface area contributed by atoms with Crippen molar-refractivity contribution in [3.05, 3.63) is 29.1 Å².